The van der Waals surface area contributed by atoms with Gasteiger partial charge >= 0.3 is 6.09 Å². The standard InChI is InChI=1S/C14H28N2O2/c1-7-10(2)11(3)15-12-8-16(9-12)13(17)18-14(4,5)6/h10-12,15H,7-9H2,1-6H3. The summed E-state index contributed by atoms with van der Waals surface area (Å²) in [6.45, 7) is 13.9. The average Bonchev–Trinajstić information content (AvgIpc) is 2.18. The van der Waals surface area contributed by atoms with Crippen LogP contribution >= 0.6 is 0 Å². The van der Waals surface area contributed by atoms with Crippen molar-refractivity contribution in [3.8, 4) is 0 Å². The molecule has 4 nitrogen and oxygen atoms in total. The van der Waals surface area contributed by atoms with Crippen molar-refractivity contribution >= 4 is 6.09 Å². The molecule has 0 bridgehead atoms. The van der Waals surface area contributed by atoms with Crippen LogP contribution in [0.3, 0.4) is 0 Å². The van der Waals surface area contributed by atoms with E-state index >= 15 is 0 Å². The molecule has 0 radical (unpaired) electrons. The van der Waals surface area contributed by atoms with Gasteiger partial charge in [-0.25, -0.2) is 4.79 Å². The summed E-state index contributed by atoms with van der Waals surface area (Å²) >= 11 is 0. The summed E-state index contributed by atoms with van der Waals surface area (Å²) in [5.74, 6) is 0.667. The van der Waals surface area contributed by atoms with Gasteiger partial charge in [-0.2, -0.15) is 0 Å². The maximum atomic E-state index is 11.7. The number of nitrogens with zero attached hydrogens (tertiary/aromatic N) is 1. The molecule has 0 aromatic heterocycles. The maximum absolute atomic E-state index is 11.7. The highest BCUT2D eigenvalue weighted by molar-refractivity contribution is 5.69. The van der Waals surface area contributed by atoms with Gasteiger partial charge in [0.05, 0.1) is 0 Å². The zero-order chi connectivity index (χ0) is 13.9. The second-order valence-corrected chi connectivity index (χ2v) is 6.42. The lowest BCUT2D eigenvalue weighted by Gasteiger charge is -2.42. The zero-order valence-electron chi connectivity index (χ0n) is 12.6. The van der Waals surface area contributed by atoms with Gasteiger partial charge in [0.2, 0.25) is 0 Å². The summed E-state index contributed by atoms with van der Waals surface area (Å²) in [5, 5.41) is 3.57. The molecular weight excluding hydrogens is 228 g/mol. The molecule has 1 heterocycles. The fourth-order valence-corrected chi connectivity index (χ4v) is 1.95. The van der Waals surface area contributed by atoms with Crippen LogP contribution in [0.2, 0.25) is 0 Å². The number of hydrogen-bond acceptors (Lipinski definition) is 3. The van der Waals surface area contributed by atoms with E-state index in [1.165, 1.54) is 6.42 Å². The van der Waals surface area contributed by atoms with E-state index in [4.69, 9.17) is 4.74 Å². The van der Waals surface area contributed by atoms with Crippen LogP contribution in [-0.2, 0) is 4.74 Å². The third-order valence-electron chi connectivity index (χ3n) is 3.53. The molecule has 1 rings (SSSR count). The summed E-state index contributed by atoms with van der Waals surface area (Å²) in [6, 6.07) is 0.919. The Labute approximate surface area is 111 Å². The molecule has 2 atom stereocenters. The quantitative estimate of drug-likeness (QED) is 0.840. The highest BCUT2D eigenvalue weighted by atomic mass is 16.6. The van der Waals surface area contributed by atoms with Crippen LogP contribution in [0.4, 0.5) is 4.79 Å². The molecular formula is C14H28N2O2. The van der Waals surface area contributed by atoms with Crippen LogP contribution in [0.15, 0.2) is 0 Å². The number of amides is 1. The molecule has 2 unspecified atom stereocenters. The van der Waals surface area contributed by atoms with Gasteiger partial charge < -0.3 is 15.0 Å². The summed E-state index contributed by atoms with van der Waals surface area (Å²) < 4.78 is 5.32. The Morgan fingerprint density at radius 1 is 1.39 bits per heavy atom. The Morgan fingerprint density at radius 2 is 1.94 bits per heavy atom. The second-order valence-electron chi connectivity index (χ2n) is 6.42. The normalized spacial score (nSPS) is 20.2. The molecule has 1 saturated heterocycles. The Bertz CT molecular complexity index is 280. The van der Waals surface area contributed by atoms with Gasteiger partial charge in [0.1, 0.15) is 5.60 Å². The van der Waals surface area contributed by atoms with E-state index in [1.807, 2.05) is 20.8 Å². The SMILES string of the molecule is CCC(C)C(C)NC1CN(C(=O)OC(C)(C)C)C1. The number of hydrogen-bond donors (Lipinski definition) is 1. The number of rotatable bonds is 4. The minimum atomic E-state index is -0.403. The van der Waals surface area contributed by atoms with E-state index in [1.54, 1.807) is 4.90 Å². The molecule has 1 aliphatic heterocycles. The van der Waals surface area contributed by atoms with Crippen LogP contribution in [-0.4, -0.2) is 41.8 Å². The number of carbonyl (C=O) groups is 1. The van der Waals surface area contributed by atoms with E-state index in [-0.39, 0.29) is 6.09 Å². The Morgan fingerprint density at radius 3 is 2.39 bits per heavy atom. The first kappa shape index (κ1) is 15.3. The first-order chi connectivity index (χ1) is 8.23. The summed E-state index contributed by atoms with van der Waals surface area (Å²) in [4.78, 5) is 13.5. The Balaban J connectivity index is 2.26. The number of likely N-dealkylation sites (tertiary alicyclic amines) is 1. The lowest BCUT2D eigenvalue weighted by molar-refractivity contribution is 0.00369. The van der Waals surface area contributed by atoms with Gasteiger partial charge in [-0.3, -0.25) is 0 Å². The third kappa shape index (κ3) is 4.48. The summed E-state index contributed by atoms with van der Waals surface area (Å²) in [7, 11) is 0. The van der Waals surface area contributed by atoms with E-state index in [0.29, 0.717) is 18.0 Å². The molecule has 1 aliphatic rings. The van der Waals surface area contributed by atoms with Crippen molar-refractivity contribution in [1.29, 1.82) is 0 Å². The molecule has 0 saturated carbocycles. The molecule has 1 N–H and O–H groups in total. The lowest BCUT2D eigenvalue weighted by atomic mass is 9.98. The van der Waals surface area contributed by atoms with Crippen molar-refractivity contribution in [2.24, 2.45) is 5.92 Å². The second kappa shape index (κ2) is 5.91. The van der Waals surface area contributed by atoms with E-state index in [9.17, 15) is 4.79 Å². The van der Waals surface area contributed by atoms with Crippen molar-refractivity contribution < 1.29 is 9.53 Å². The van der Waals surface area contributed by atoms with Gasteiger partial charge in [0, 0.05) is 25.2 Å². The fraction of sp³-hybridized carbons (Fsp3) is 0.929. The topological polar surface area (TPSA) is 41.6 Å². The fourth-order valence-electron chi connectivity index (χ4n) is 1.95. The van der Waals surface area contributed by atoms with Crippen molar-refractivity contribution in [1.82, 2.24) is 10.2 Å². The van der Waals surface area contributed by atoms with E-state index in [2.05, 4.69) is 26.1 Å². The number of carbonyl (C=O) groups excluding carboxylic acids is 1. The average molecular weight is 256 g/mol. The molecule has 18 heavy (non-hydrogen) atoms. The van der Waals surface area contributed by atoms with Crippen LogP contribution in [0.25, 0.3) is 0 Å². The van der Waals surface area contributed by atoms with Crippen molar-refractivity contribution in [2.75, 3.05) is 13.1 Å². The van der Waals surface area contributed by atoms with Crippen LogP contribution < -0.4 is 5.32 Å². The molecule has 0 aromatic rings. The highest BCUT2D eigenvalue weighted by Gasteiger charge is 2.34. The monoisotopic (exact) mass is 256 g/mol. The summed E-state index contributed by atoms with van der Waals surface area (Å²) in [5.41, 5.74) is -0.403. The van der Waals surface area contributed by atoms with Gasteiger partial charge in [-0.05, 0) is 33.6 Å². The minimum Gasteiger partial charge on any atom is -0.444 e. The molecule has 4 heteroatoms. The summed E-state index contributed by atoms with van der Waals surface area (Å²) in [6.07, 6.45) is 0.980. The van der Waals surface area contributed by atoms with Crippen LogP contribution in [0, 0.1) is 5.92 Å². The van der Waals surface area contributed by atoms with Gasteiger partial charge in [0.15, 0.2) is 0 Å². The van der Waals surface area contributed by atoms with E-state index in [0.717, 1.165) is 13.1 Å². The highest BCUT2D eigenvalue weighted by Crippen LogP contribution is 2.17. The van der Waals surface area contributed by atoms with Crippen LogP contribution in [0.5, 0.6) is 0 Å². The number of nitrogens with one attached hydrogen (secondary N) is 1. The van der Waals surface area contributed by atoms with Crippen molar-refractivity contribution in [2.45, 2.75) is 65.6 Å². The van der Waals surface area contributed by atoms with E-state index < -0.39 is 5.60 Å². The number of ether oxygens (including phenoxy) is 1. The molecule has 1 fully saturated rings. The van der Waals surface area contributed by atoms with Crippen LogP contribution in [0.1, 0.15) is 48.0 Å². The largest absolute Gasteiger partial charge is 0.444 e. The maximum Gasteiger partial charge on any atom is 0.410 e. The smallest absolute Gasteiger partial charge is 0.410 e. The van der Waals surface area contributed by atoms with Crippen molar-refractivity contribution in [3.63, 3.8) is 0 Å². The third-order valence-corrected chi connectivity index (χ3v) is 3.53. The van der Waals surface area contributed by atoms with Gasteiger partial charge in [-0.15, -0.1) is 0 Å². The predicted octanol–water partition coefficient (Wildman–Crippen LogP) is 2.63. The Hall–Kier alpha value is -0.770. The molecule has 0 aliphatic carbocycles. The van der Waals surface area contributed by atoms with Gasteiger partial charge in [0.25, 0.3) is 0 Å². The first-order valence-electron chi connectivity index (χ1n) is 6.97. The van der Waals surface area contributed by atoms with Crippen molar-refractivity contribution in [3.05, 3.63) is 0 Å². The molecule has 0 aromatic carbocycles. The molecule has 0 spiro atoms. The first-order valence-corrected chi connectivity index (χ1v) is 6.97. The Kier molecular flexibility index (Phi) is 5.02. The van der Waals surface area contributed by atoms with Gasteiger partial charge in [-0.1, -0.05) is 20.3 Å². The molecule has 106 valence electrons. The zero-order valence-corrected chi connectivity index (χ0v) is 12.6. The molecule has 1 amide bonds. The lowest BCUT2D eigenvalue weighted by Crippen LogP contribution is -2.62. The minimum absolute atomic E-state index is 0.197. The predicted molar refractivity (Wildman–Crippen MR) is 73.6 cm³/mol.